The molecule has 1 atom stereocenters. The SMILES string of the molecule is CCCCCCC(CCCCCC)C[C@@H]1CCCCN1. The third-order valence-corrected chi connectivity index (χ3v) is 4.96. The first kappa shape index (κ1) is 18.0. The molecule has 1 rings (SSSR count). The first-order valence-electron chi connectivity index (χ1n) is 9.60. The number of nitrogens with one attached hydrogen (secondary N) is 1. The van der Waals surface area contributed by atoms with Crippen molar-refractivity contribution in [2.45, 2.75) is 110 Å². The summed E-state index contributed by atoms with van der Waals surface area (Å²) >= 11 is 0. The Morgan fingerprint density at radius 2 is 1.50 bits per heavy atom. The number of hydrogen-bond donors (Lipinski definition) is 1. The molecule has 120 valence electrons. The van der Waals surface area contributed by atoms with Crippen LogP contribution >= 0.6 is 0 Å². The van der Waals surface area contributed by atoms with E-state index in [-0.39, 0.29) is 0 Å². The van der Waals surface area contributed by atoms with Gasteiger partial charge in [-0.3, -0.25) is 0 Å². The summed E-state index contributed by atoms with van der Waals surface area (Å²) in [6.07, 6.45) is 20.2. The van der Waals surface area contributed by atoms with E-state index in [1.807, 2.05) is 0 Å². The maximum atomic E-state index is 3.75. The molecule has 1 heteroatoms. The number of hydrogen-bond acceptors (Lipinski definition) is 1. The second-order valence-corrected chi connectivity index (χ2v) is 6.95. The van der Waals surface area contributed by atoms with E-state index in [9.17, 15) is 0 Å². The Bertz CT molecular complexity index is 184. The molecule has 1 nitrogen and oxygen atoms in total. The minimum absolute atomic E-state index is 0.839. The van der Waals surface area contributed by atoms with E-state index in [2.05, 4.69) is 19.2 Å². The van der Waals surface area contributed by atoms with Gasteiger partial charge in [0.05, 0.1) is 0 Å². The summed E-state index contributed by atoms with van der Waals surface area (Å²) in [4.78, 5) is 0. The summed E-state index contributed by atoms with van der Waals surface area (Å²) in [6.45, 7) is 5.89. The number of unbranched alkanes of at least 4 members (excludes halogenated alkanes) is 6. The molecule has 1 aliphatic heterocycles. The monoisotopic (exact) mass is 281 g/mol. The van der Waals surface area contributed by atoms with E-state index in [0.29, 0.717) is 0 Å². The highest BCUT2D eigenvalue weighted by Crippen LogP contribution is 2.25. The van der Waals surface area contributed by atoms with E-state index < -0.39 is 0 Å². The van der Waals surface area contributed by atoms with E-state index in [1.54, 1.807) is 0 Å². The molecule has 0 amide bonds. The highest BCUT2D eigenvalue weighted by atomic mass is 14.9. The molecule has 0 unspecified atom stereocenters. The smallest absolute Gasteiger partial charge is 0.00697 e. The fourth-order valence-electron chi connectivity index (χ4n) is 3.63. The van der Waals surface area contributed by atoms with E-state index in [4.69, 9.17) is 0 Å². The Kier molecular flexibility index (Phi) is 11.4. The maximum absolute atomic E-state index is 3.75. The molecule has 1 heterocycles. The van der Waals surface area contributed by atoms with Crippen molar-refractivity contribution in [3.63, 3.8) is 0 Å². The second-order valence-electron chi connectivity index (χ2n) is 6.95. The zero-order valence-corrected chi connectivity index (χ0v) is 14.3. The van der Waals surface area contributed by atoms with Crippen molar-refractivity contribution in [1.29, 1.82) is 0 Å². The van der Waals surface area contributed by atoms with Crippen LogP contribution in [0.4, 0.5) is 0 Å². The highest BCUT2D eigenvalue weighted by molar-refractivity contribution is 4.76. The van der Waals surface area contributed by atoms with E-state index in [0.717, 1.165) is 12.0 Å². The zero-order chi connectivity index (χ0) is 14.5. The molecule has 0 aromatic rings. The minimum Gasteiger partial charge on any atom is -0.314 e. The van der Waals surface area contributed by atoms with Crippen molar-refractivity contribution in [2.75, 3.05) is 6.54 Å². The van der Waals surface area contributed by atoms with Crippen LogP contribution in [0.1, 0.15) is 104 Å². The molecule has 1 fully saturated rings. The minimum atomic E-state index is 0.839. The Hall–Kier alpha value is -0.0400. The van der Waals surface area contributed by atoms with Gasteiger partial charge in [-0.2, -0.15) is 0 Å². The standard InChI is InChI=1S/C19H39N/c1-3-5-7-9-13-18(14-10-8-6-4-2)17-19-15-11-12-16-20-19/h18-20H,3-17H2,1-2H3/t19-/m0/s1. The van der Waals surface area contributed by atoms with Crippen molar-refractivity contribution in [2.24, 2.45) is 5.92 Å². The van der Waals surface area contributed by atoms with Gasteiger partial charge in [0, 0.05) is 6.04 Å². The molecule has 0 aromatic carbocycles. The molecule has 0 spiro atoms. The molecule has 1 N–H and O–H groups in total. The van der Waals surface area contributed by atoms with Crippen LogP contribution in [-0.4, -0.2) is 12.6 Å². The second kappa shape index (κ2) is 12.7. The van der Waals surface area contributed by atoms with Crippen molar-refractivity contribution in [3.8, 4) is 0 Å². The molecule has 1 saturated heterocycles. The summed E-state index contributed by atoms with van der Waals surface area (Å²) in [5.41, 5.74) is 0. The van der Waals surface area contributed by atoms with Gasteiger partial charge in [-0.25, -0.2) is 0 Å². The summed E-state index contributed by atoms with van der Waals surface area (Å²) in [7, 11) is 0. The van der Waals surface area contributed by atoms with Gasteiger partial charge >= 0.3 is 0 Å². The summed E-state index contributed by atoms with van der Waals surface area (Å²) in [5.74, 6) is 0.999. The van der Waals surface area contributed by atoms with Crippen LogP contribution in [0, 0.1) is 5.92 Å². The normalized spacial score (nSPS) is 19.6. The van der Waals surface area contributed by atoms with Gasteiger partial charge in [0.25, 0.3) is 0 Å². The molecular formula is C19H39N. The molecule has 0 aliphatic carbocycles. The van der Waals surface area contributed by atoms with Gasteiger partial charge in [0.1, 0.15) is 0 Å². The van der Waals surface area contributed by atoms with Crippen molar-refractivity contribution in [3.05, 3.63) is 0 Å². The van der Waals surface area contributed by atoms with E-state index in [1.165, 1.54) is 96.4 Å². The van der Waals surface area contributed by atoms with Crippen molar-refractivity contribution < 1.29 is 0 Å². The largest absolute Gasteiger partial charge is 0.314 e. The fourth-order valence-corrected chi connectivity index (χ4v) is 3.63. The van der Waals surface area contributed by atoms with Crippen molar-refractivity contribution >= 4 is 0 Å². The fraction of sp³-hybridized carbons (Fsp3) is 1.00. The van der Waals surface area contributed by atoms with E-state index >= 15 is 0 Å². The van der Waals surface area contributed by atoms with Gasteiger partial charge in [0.15, 0.2) is 0 Å². The summed E-state index contributed by atoms with van der Waals surface area (Å²) < 4.78 is 0. The van der Waals surface area contributed by atoms with Crippen LogP contribution in [0.3, 0.4) is 0 Å². The molecule has 0 saturated carbocycles. The molecule has 20 heavy (non-hydrogen) atoms. The first-order valence-corrected chi connectivity index (χ1v) is 9.60. The van der Waals surface area contributed by atoms with Gasteiger partial charge < -0.3 is 5.32 Å². The molecule has 0 aromatic heterocycles. The predicted molar refractivity (Wildman–Crippen MR) is 91.3 cm³/mol. The van der Waals surface area contributed by atoms with Crippen LogP contribution in [0.2, 0.25) is 0 Å². The van der Waals surface area contributed by atoms with Gasteiger partial charge in [0.2, 0.25) is 0 Å². The lowest BCUT2D eigenvalue weighted by molar-refractivity contribution is 0.294. The Balaban J connectivity index is 2.21. The molecule has 1 aliphatic rings. The molecule has 0 bridgehead atoms. The van der Waals surface area contributed by atoms with Crippen LogP contribution in [0.5, 0.6) is 0 Å². The Labute approximate surface area is 128 Å². The Morgan fingerprint density at radius 1 is 0.850 bits per heavy atom. The van der Waals surface area contributed by atoms with Crippen LogP contribution < -0.4 is 5.32 Å². The van der Waals surface area contributed by atoms with Crippen LogP contribution in [0.25, 0.3) is 0 Å². The highest BCUT2D eigenvalue weighted by Gasteiger charge is 2.18. The lowest BCUT2D eigenvalue weighted by Crippen LogP contribution is -2.35. The van der Waals surface area contributed by atoms with Gasteiger partial charge in [-0.05, 0) is 31.7 Å². The number of piperidine rings is 1. The first-order chi connectivity index (χ1) is 9.86. The lowest BCUT2D eigenvalue weighted by Gasteiger charge is -2.28. The van der Waals surface area contributed by atoms with Crippen LogP contribution in [0.15, 0.2) is 0 Å². The zero-order valence-electron chi connectivity index (χ0n) is 14.3. The van der Waals surface area contributed by atoms with Crippen LogP contribution in [-0.2, 0) is 0 Å². The average Bonchev–Trinajstić information content (AvgIpc) is 2.49. The number of rotatable bonds is 12. The van der Waals surface area contributed by atoms with Gasteiger partial charge in [-0.15, -0.1) is 0 Å². The molecule has 0 radical (unpaired) electrons. The summed E-state index contributed by atoms with van der Waals surface area (Å²) in [6, 6.07) is 0.839. The maximum Gasteiger partial charge on any atom is 0.00697 e. The quantitative estimate of drug-likeness (QED) is 0.428. The third-order valence-electron chi connectivity index (χ3n) is 4.96. The predicted octanol–water partition coefficient (Wildman–Crippen LogP) is 6.08. The average molecular weight is 282 g/mol. The van der Waals surface area contributed by atoms with Crippen molar-refractivity contribution in [1.82, 2.24) is 5.32 Å². The van der Waals surface area contributed by atoms with Gasteiger partial charge in [-0.1, -0.05) is 84.5 Å². The molecular weight excluding hydrogens is 242 g/mol. The Morgan fingerprint density at radius 3 is 2.00 bits per heavy atom. The summed E-state index contributed by atoms with van der Waals surface area (Å²) in [5, 5.41) is 3.75. The third kappa shape index (κ3) is 9.00. The topological polar surface area (TPSA) is 12.0 Å². The lowest BCUT2D eigenvalue weighted by atomic mass is 9.86.